The highest BCUT2D eigenvalue weighted by molar-refractivity contribution is 5.92. The van der Waals surface area contributed by atoms with Crippen molar-refractivity contribution >= 4 is 12.0 Å². The second kappa shape index (κ2) is 8.87. The van der Waals surface area contributed by atoms with Crippen molar-refractivity contribution < 1.29 is 9.53 Å². The number of ether oxygens (including phenoxy) is 1. The fourth-order valence-corrected chi connectivity index (χ4v) is 4.96. The van der Waals surface area contributed by atoms with Crippen LogP contribution in [0.25, 0.3) is 6.08 Å². The molecule has 1 N–H and O–H groups in total. The summed E-state index contributed by atoms with van der Waals surface area (Å²) in [5, 5.41) is 0. The fourth-order valence-electron chi connectivity index (χ4n) is 4.96. The summed E-state index contributed by atoms with van der Waals surface area (Å²) in [5.74, 6) is 2.45. The number of fused-ring (bicyclic) bond motifs is 1. The maximum Gasteiger partial charge on any atom is 0.270 e. The van der Waals surface area contributed by atoms with Crippen LogP contribution in [0.3, 0.4) is 0 Å². The van der Waals surface area contributed by atoms with E-state index in [9.17, 15) is 4.79 Å². The molecular weight excluding hydrogens is 362 g/mol. The number of H-pyrrole nitrogens is 1. The zero-order valence-electron chi connectivity index (χ0n) is 17.4. The molecular formula is C24H31N3O2. The Kier molecular flexibility index (Phi) is 6.05. The highest BCUT2D eigenvalue weighted by Crippen LogP contribution is 2.40. The molecule has 0 spiro atoms. The summed E-state index contributed by atoms with van der Waals surface area (Å²) in [6, 6.07) is 12.2. The quantitative estimate of drug-likeness (QED) is 0.810. The Labute approximate surface area is 173 Å². The summed E-state index contributed by atoms with van der Waals surface area (Å²) < 4.78 is 5.43. The van der Waals surface area contributed by atoms with Gasteiger partial charge in [-0.2, -0.15) is 0 Å². The molecule has 1 aliphatic carbocycles. The number of aromatic nitrogens is 1. The zero-order valence-corrected chi connectivity index (χ0v) is 17.4. The number of hydrogen-bond donors (Lipinski definition) is 1. The van der Waals surface area contributed by atoms with Crippen molar-refractivity contribution in [3.05, 3.63) is 59.9 Å². The molecule has 1 aromatic heterocycles. The van der Waals surface area contributed by atoms with E-state index in [1.807, 2.05) is 48.5 Å². The summed E-state index contributed by atoms with van der Waals surface area (Å²) in [5.41, 5.74) is 1.81. The van der Waals surface area contributed by atoms with Crippen molar-refractivity contribution in [3.63, 3.8) is 0 Å². The monoisotopic (exact) mass is 393 g/mol. The van der Waals surface area contributed by atoms with E-state index in [1.54, 1.807) is 7.11 Å². The van der Waals surface area contributed by atoms with E-state index in [4.69, 9.17) is 4.74 Å². The smallest absolute Gasteiger partial charge is 0.270 e. The van der Waals surface area contributed by atoms with Gasteiger partial charge in [-0.3, -0.25) is 9.69 Å². The highest BCUT2D eigenvalue weighted by Gasteiger charge is 2.40. The molecule has 4 rings (SSSR count). The predicted octanol–water partition coefficient (Wildman–Crippen LogP) is 3.91. The number of piperidine rings is 1. The lowest BCUT2D eigenvalue weighted by Crippen LogP contribution is -2.38. The third kappa shape index (κ3) is 4.40. The maximum atomic E-state index is 12.7. The van der Waals surface area contributed by atoms with Crippen LogP contribution in [-0.4, -0.2) is 60.5 Å². The van der Waals surface area contributed by atoms with E-state index in [1.165, 1.54) is 6.42 Å². The summed E-state index contributed by atoms with van der Waals surface area (Å²) in [6.45, 7) is 3.23. The number of benzene rings is 1. The van der Waals surface area contributed by atoms with Gasteiger partial charge in [0.1, 0.15) is 11.4 Å². The molecule has 5 nitrogen and oxygen atoms in total. The molecule has 1 saturated heterocycles. The van der Waals surface area contributed by atoms with Crippen LogP contribution in [0.15, 0.2) is 48.7 Å². The second-order valence-corrected chi connectivity index (χ2v) is 8.34. The van der Waals surface area contributed by atoms with Crippen LogP contribution in [0.5, 0.6) is 5.75 Å². The number of carbonyl (C=O) groups is 1. The molecule has 0 bridgehead atoms. The lowest BCUT2D eigenvalue weighted by Gasteiger charge is -2.34. The molecule has 0 unspecified atom stereocenters. The van der Waals surface area contributed by atoms with Crippen LogP contribution >= 0.6 is 0 Å². The van der Waals surface area contributed by atoms with Gasteiger partial charge in [0, 0.05) is 37.9 Å². The lowest BCUT2D eigenvalue weighted by atomic mass is 9.89. The SMILES string of the molecule is COc1ccccc1C=CCN1CC[C@@H]2C[C@H](N(C)C(=O)c3ccc[nH]3)C[C@@H]2C1. The Hall–Kier alpha value is -2.53. The molecule has 3 atom stereocenters. The van der Waals surface area contributed by atoms with E-state index in [0.29, 0.717) is 17.7 Å². The minimum absolute atomic E-state index is 0.107. The van der Waals surface area contributed by atoms with Crippen LogP contribution < -0.4 is 4.74 Å². The van der Waals surface area contributed by atoms with E-state index < -0.39 is 0 Å². The number of para-hydroxylation sites is 1. The Balaban J connectivity index is 1.31. The summed E-state index contributed by atoms with van der Waals surface area (Å²) in [6.07, 6.45) is 9.69. The van der Waals surface area contributed by atoms with Gasteiger partial charge in [-0.25, -0.2) is 0 Å². The highest BCUT2D eigenvalue weighted by atomic mass is 16.5. The molecule has 1 saturated carbocycles. The zero-order chi connectivity index (χ0) is 20.2. The molecule has 29 heavy (non-hydrogen) atoms. The minimum Gasteiger partial charge on any atom is -0.496 e. The maximum absolute atomic E-state index is 12.7. The van der Waals surface area contributed by atoms with Crippen LogP contribution in [0.4, 0.5) is 0 Å². The summed E-state index contributed by atoms with van der Waals surface area (Å²) in [4.78, 5) is 20.2. The van der Waals surface area contributed by atoms with Crippen molar-refractivity contribution in [2.75, 3.05) is 33.8 Å². The number of rotatable bonds is 6. The standard InChI is InChI=1S/C24H31N3O2/c1-26(24(28)22-9-5-12-25-22)21-15-19-11-14-27(17-20(19)16-21)13-6-8-18-7-3-4-10-23(18)29-2/h3-10,12,19-21,25H,11,13-17H2,1-2H3/t19-,20-,21+/m1/s1. The Morgan fingerprint density at radius 3 is 2.86 bits per heavy atom. The Morgan fingerprint density at radius 2 is 2.07 bits per heavy atom. The number of hydrogen-bond acceptors (Lipinski definition) is 3. The third-order valence-electron chi connectivity index (χ3n) is 6.62. The largest absolute Gasteiger partial charge is 0.496 e. The van der Waals surface area contributed by atoms with Gasteiger partial charge in [0.15, 0.2) is 0 Å². The van der Waals surface area contributed by atoms with Gasteiger partial charge in [0.25, 0.3) is 5.91 Å². The van der Waals surface area contributed by atoms with E-state index in [-0.39, 0.29) is 5.91 Å². The first-order chi connectivity index (χ1) is 14.2. The van der Waals surface area contributed by atoms with Gasteiger partial charge >= 0.3 is 0 Å². The molecule has 2 heterocycles. The van der Waals surface area contributed by atoms with Crippen molar-refractivity contribution in [2.24, 2.45) is 11.8 Å². The molecule has 5 heteroatoms. The molecule has 1 amide bonds. The van der Waals surface area contributed by atoms with Crippen LogP contribution in [-0.2, 0) is 0 Å². The van der Waals surface area contributed by atoms with Gasteiger partial charge in [0.05, 0.1) is 7.11 Å². The van der Waals surface area contributed by atoms with Crippen molar-refractivity contribution in [2.45, 2.75) is 25.3 Å². The van der Waals surface area contributed by atoms with Gasteiger partial charge in [0.2, 0.25) is 0 Å². The summed E-state index contributed by atoms with van der Waals surface area (Å²) >= 11 is 0. The molecule has 154 valence electrons. The van der Waals surface area contributed by atoms with Crippen LogP contribution in [0.1, 0.15) is 35.3 Å². The van der Waals surface area contributed by atoms with Crippen molar-refractivity contribution in [1.29, 1.82) is 0 Å². The predicted molar refractivity (Wildman–Crippen MR) is 116 cm³/mol. The topological polar surface area (TPSA) is 48.6 Å². The number of nitrogens with zero attached hydrogens (tertiary/aromatic N) is 2. The normalized spacial score (nSPS) is 24.6. The van der Waals surface area contributed by atoms with Crippen LogP contribution in [0, 0.1) is 11.8 Å². The van der Waals surface area contributed by atoms with Crippen molar-refractivity contribution in [3.8, 4) is 5.75 Å². The van der Waals surface area contributed by atoms with Gasteiger partial charge in [-0.05, 0) is 55.8 Å². The minimum atomic E-state index is 0.107. The Bertz CT molecular complexity index is 846. The first-order valence-electron chi connectivity index (χ1n) is 10.6. The average molecular weight is 394 g/mol. The van der Waals surface area contributed by atoms with E-state index >= 15 is 0 Å². The summed E-state index contributed by atoms with van der Waals surface area (Å²) in [7, 11) is 3.67. The Morgan fingerprint density at radius 1 is 1.24 bits per heavy atom. The number of likely N-dealkylation sites (tertiary alicyclic amines) is 1. The molecule has 2 aromatic rings. The van der Waals surface area contributed by atoms with Crippen LogP contribution in [0.2, 0.25) is 0 Å². The number of aromatic amines is 1. The van der Waals surface area contributed by atoms with Crippen molar-refractivity contribution in [1.82, 2.24) is 14.8 Å². The third-order valence-corrected chi connectivity index (χ3v) is 6.62. The average Bonchev–Trinajstić information content (AvgIpc) is 3.42. The van der Waals surface area contributed by atoms with Gasteiger partial charge < -0.3 is 14.6 Å². The second-order valence-electron chi connectivity index (χ2n) is 8.34. The molecule has 1 aromatic carbocycles. The fraction of sp³-hybridized carbons (Fsp3) is 0.458. The number of nitrogens with one attached hydrogen (secondary N) is 1. The molecule has 1 aliphatic heterocycles. The number of amides is 1. The van der Waals surface area contributed by atoms with Gasteiger partial charge in [-0.15, -0.1) is 0 Å². The van der Waals surface area contributed by atoms with E-state index in [2.05, 4.69) is 28.1 Å². The lowest BCUT2D eigenvalue weighted by molar-refractivity contribution is 0.0725. The molecule has 0 radical (unpaired) electrons. The first kappa shape index (κ1) is 19.8. The number of carbonyl (C=O) groups excluding carboxylic acids is 1. The first-order valence-corrected chi connectivity index (χ1v) is 10.6. The molecule has 2 aliphatic rings. The van der Waals surface area contributed by atoms with E-state index in [0.717, 1.165) is 49.7 Å². The van der Waals surface area contributed by atoms with Gasteiger partial charge in [-0.1, -0.05) is 30.4 Å². The number of methoxy groups -OCH3 is 1. The molecule has 2 fully saturated rings.